The van der Waals surface area contributed by atoms with Crippen LogP contribution in [0.5, 0.6) is 0 Å². The molecule has 7 atom stereocenters. The van der Waals surface area contributed by atoms with Crippen molar-refractivity contribution in [3.05, 3.63) is 0 Å². The van der Waals surface area contributed by atoms with Gasteiger partial charge in [0.05, 0.1) is 0 Å². The van der Waals surface area contributed by atoms with E-state index in [2.05, 4.69) is 25.6 Å². The lowest BCUT2D eigenvalue weighted by Gasteiger charge is -2.60. The summed E-state index contributed by atoms with van der Waals surface area (Å²) in [5.41, 5.74) is 1.45. The molecule has 1 saturated heterocycles. The van der Waals surface area contributed by atoms with Crippen molar-refractivity contribution in [3.8, 4) is 0 Å². The van der Waals surface area contributed by atoms with Crippen LogP contribution in [-0.2, 0) is 0 Å². The Morgan fingerprint density at radius 2 is 1.62 bits per heavy atom. The van der Waals surface area contributed by atoms with Crippen molar-refractivity contribution in [1.82, 2.24) is 0 Å². The molecule has 5 fully saturated rings. The van der Waals surface area contributed by atoms with E-state index >= 15 is 0 Å². The highest BCUT2D eigenvalue weighted by atomic mass is 32.2. The quantitative estimate of drug-likeness (QED) is 0.502. The lowest BCUT2D eigenvalue weighted by atomic mass is 9.45. The molecule has 4 aliphatic carbocycles. The minimum Gasteiger partial charge on any atom is -0.152 e. The normalized spacial score (nSPS) is 62.0. The maximum absolute atomic E-state index is 2.72. The van der Waals surface area contributed by atoms with Gasteiger partial charge >= 0.3 is 0 Å². The summed E-state index contributed by atoms with van der Waals surface area (Å²) in [5, 5.41) is 0. The van der Waals surface area contributed by atoms with Crippen LogP contribution in [0.4, 0.5) is 0 Å². The first-order valence-electron chi connectivity index (χ1n) is 9.73. The molecule has 0 amide bonds. The third-order valence-corrected chi connectivity index (χ3v) is 11.0. The summed E-state index contributed by atoms with van der Waals surface area (Å²) < 4.78 is 0.757. The number of hydrogen-bond donors (Lipinski definition) is 0. The average Bonchev–Trinajstić information content (AvgIpc) is 3.20. The Hall–Kier alpha value is 0.350. The highest BCUT2D eigenvalue weighted by molar-refractivity contribution is 8.08. The smallest absolute Gasteiger partial charge is 0.0307 e. The molecule has 1 spiro atoms. The fraction of sp³-hybridized carbons (Fsp3) is 1.00. The van der Waals surface area contributed by atoms with Crippen LogP contribution in [0.2, 0.25) is 0 Å². The molecule has 0 aromatic heterocycles. The van der Waals surface area contributed by atoms with Crippen molar-refractivity contribution in [2.75, 3.05) is 5.75 Å². The Labute approximate surface area is 135 Å². The maximum atomic E-state index is 2.72. The molecule has 0 aromatic rings. The lowest BCUT2D eigenvalue weighted by molar-refractivity contribution is -0.105. The van der Waals surface area contributed by atoms with Crippen molar-refractivity contribution in [2.45, 2.75) is 82.8 Å². The van der Waals surface area contributed by atoms with Crippen LogP contribution in [-0.4, -0.2) is 10.5 Å². The Morgan fingerprint density at radius 1 is 0.810 bits per heavy atom. The Balaban J connectivity index is 1.48. The van der Waals surface area contributed by atoms with Crippen LogP contribution in [0.15, 0.2) is 0 Å². The van der Waals surface area contributed by atoms with E-state index in [0.717, 1.165) is 39.2 Å². The number of rotatable bonds is 0. The molecule has 21 heavy (non-hydrogen) atoms. The molecule has 1 aliphatic heterocycles. The average molecular weight is 305 g/mol. The van der Waals surface area contributed by atoms with Crippen molar-refractivity contribution in [3.63, 3.8) is 0 Å². The Kier molecular flexibility index (Phi) is 2.78. The van der Waals surface area contributed by atoms with E-state index in [0.29, 0.717) is 0 Å². The SMILES string of the molecule is C[C@]12CCCC[C@@H]1CC[C@@H]1[C@H]2CC[C@@]2(C)[C@H]1CC[C@]21CS1. The molecule has 0 N–H and O–H groups in total. The minimum absolute atomic E-state index is 0.719. The van der Waals surface area contributed by atoms with Gasteiger partial charge in [-0.25, -0.2) is 0 Å². The zero-order valence-corrected chi connectivity index (χ0v) is 14.8. The predicted molar refractivity (Wildman–Crippen MR) is 91.5 cm³/mol. The van der Waals surface area contributed by atoms with Gasteiger partial charge in [0, 0.05) is 10.5 Å². The van der Waals surface area contributed by atoms with Crippen molar-refractivity contribution < 1.29 is 0 Å². The van der Waals surface area contributed by atoms with Crippen LogP contribution in [0.3, 0.4) is 0 Å². The third kappa shape index (κ3) is 1.60. The van der Waals surface area contributed by atoms with E-state index in [1.165, 1.54) is 18.6 Å². The van der Waals surface area contributed by atoms with Gasteiger partial charge < -0.3 is 0 Å². The summed E-state index contributed by atoms with van der Waals surface area (Å²) in [5.74, 6) is 5.86. The van der Waals surface area contributed by atoms with Gasteiger partial charge in [-0.15, -0.1) is 0 Å². The summed E-state index contributed by atoms with van der Waals surface area (Å²) >= 11 is 2.32. The second kappa shape index (κ2) is 4.25. The van der Waals surface area contributed by atoms with E-state index in [-0.39, 0.29) is 0 Å². The van der Waals surface area contributed by atoms with Crippen LogP contribution >= 0.6 is 11.8 Å². The first kappa shape index (κ1) is 13.8. The zero-order valence-electron chi connectivity index (χ0n) is 14.0. The molecule has 1 heterocycles. The zero-order chi connectivity index (χ0) is 14.3. The number of hydrogen-bond acceptors (Lipinski definition) is 1. The number of thioether (sulfide) groups is 1. The lowest BCUT2D eigenvalue weighted by Crippen LogP contribution is -2.53. The van der Waals surface area contributed by atoms with Gasteiger partial charge in [0.25, 0.3) is 0 Å². The van der Waals surface area contributed by atoms with Crippen LogP contribution < -0.4 is 0 Å². The van der Waals surface area contributed by atoms with Crippen molar-refractivity contribution >= 4 is 11.8 Å². The fourth-order valence-electron chi connectivity index (χ4n) is 7.95. The molecular formula is C20H32S. The van der Waals surface area contributed by atoms with E-state index < -0.39 is 0 Å². The summed E-state index contributed by atoms with van der Waals surface area (Å²) in [6.07, 6.45) is 15.6. The third-order valence-electron chi connectivity index (χ3n) is 9.37. The molecule has 1 heteroatoms. The summed E-state index contributed by atoms with van der Waals surface area (Å²) in [6, 6.07) is 0. The van der Waals surface area contributed by atoms with Gasteiger partial charge in [-0.1, -0.05) is 26.7 Å². The van der Waals surface area contributed by atoms with Gasteiger partial charge in [0.15, 0.2) is 0 Å². The van der Waals surface area contributed by atoms with E-state index in [4.69, 9.17) is 0 Å². The highest BCUT2D eigenvalue weighted by Crippen LogP contribution is 2.75. The summed E-state index contributed by atoms with van der Waals surface area (Å²) in [4.78, 5) is 0. The molecule has 4 saturated carbocycles. The van der Waals surface area contributed by atoms with Crippen molar-refractivity contribution in [2.24, 2.45) is 34.5 Å². The molecular weight excluding hydrogens is 272 g/mol. The van der Waals surface area contributed by atoms with Crippen molar-refractivity contribution in [1.29, 1.82) is 0 Å². The molecule has 0 unspecified atom stereocenters. The number of fused-ring (bicyclic) bond motifs is 6. The fourth-order valence-corrected chi connectivity index (χ4v) is 9.44. The van der Waals surface area contributed by atoms with E-state index in [1.54, 1.807) is 51.4 Å². The van der Waals surface area contributed by atoms with Gasteiger partial charge in [-0.2, -0.15) is 11.8 Å². The Bertz CT molecular complexity index is 453. The molecule has 0 nitrogen and oxygen atoms in total. The molecule has 5 aliphatic rings. The first-order chi connectivity index (χ1) is 10.1. The van der Waals surface area contributed by atoms with E-state index in [1.807, 2.05) is 0 Å². The molecule has 0 radical (unpaired) electrons. The predicted octanol–water partition coefficient (Wildman–Crippen LogP) is 5.90. The highest BCUT2D eigenvalue weighted by Gasteiger charge is 2.68. The molecule has 0 bridgehead atoms. The largest absolute Gasteiger partial charge is 0.152 e. The van der Waals surface area contributed by atoms with Gasteiger partial charge in [0.2, 0.25) is 0 Å². The standard InChI is InChI=1S/C20H32S/c1-18-10-4-3-5-14(18)6-7-15-16(18)8-11-19(2)17(15)9-12-20(19)13-21-20/h14-17H,3-13H2,1-2H3/t14-,15-,16-,17+,18+,19+,20+/m1/s1. The van der Waals surface area contributed by atoms with E-state index in [9.17, 15) is 0 Å². The summed E-state index contributed by atoms with van der Waals surface area (Å²) in [6.45, 7) is 5.42. The van der Waals surface area contributed by atoms with Gasteiger partial charge in [-0.05, 0) is 85.9 Å². The molecule has 118 valence electrons. The summed E-state index contributed by atoms with van der Waals surface area (Å²) in [7, 11) is 0. The molecule has 0 aromatic carbocycles. The van der Waals surface area contributed by atoms with Crippen LogP contribution in [0.25, 0.3) is 0 Å². The van der Waals surface area contributed by atoms with Crippen LogP contribution in [0, 0.1) is 34.5 Å². The second-order valence-corrected chi connectivity index (χ2v) is 11.0. The monoisotopic (exact) mass is 304 g/mol. The minimum atomic E-state index is 0.719. The topological polar surface area (TPSA) is 0 Å². The molecule has 5 rings (SSSR count). The second-order valence-electron chi connectivity index (χ2n) is 9.68. The van der Waals surface area contributed by atoms with Gasteiger partial charge in [-0.3, -0.25) is 0 Å². The first-order valence-corrected chi connectivity index (χ1v) is 10.7. The van der Waals surface area contributed by atoms with Crippen LogP contribution in [0.1, 0.15) is 78.1 Å². The van der Waals surface area contributed by atoms with Gasteiger partial charge in [0.1, 0.15) is 0 Å². The Morgan fingerprint density at radius 3 is 2.43 bits per heavy atom. The maximum Gasteiger partial charge on any atom is 0.0307 e.